The van der Waals surface area contributed by atoms with Crippen molar-refractivity contribution in [3.63, 3.8) is 0 Å². The van der Waals surface area contributed by atoms with Gasteiger partial charge >= 0.3 is 0 Å². The Labute approximate surface area is 195 Å². The Morgan fingerprint density at radius 3 is 1.37 bits per heavy atom. The fourth-order valence-electron chi connectivity index (χ4n) is 3.56. The summed E-state index contributed by atoms with van der Waals surface area (Å²) < 4.78 is 0. The molecule has 0 heterocycles. The smallest absolute Gasteiger partial charge is 0.134 e. The highest BCUT2D eigenvalue weighted by Crippen LogP contribution is 2.54. The summed E-state index contributed by atoms with van der Waals surface area (Å²) in [5.74, 6) is 6.87. The summed E-state index contributed by atoms with van der Waals surface area (Å²) in [5, 5.41) is 4.78. The van der Waals surface area contributed by atoms with E-state index >= 15 is 0 Å². The molecule has 30 heavy (non-hydrogen) atoms. The van der Waals surface area contributed by atoms with Gasteiger partial charge < -0.3 is 17.0 Å². The average molecular weight is 492 g/mol. The third kappa shape index (κ3) is 4.85. The molecule has 0 radical (unpaired) electrons. The molecular weight excluding hydrogens is 471 g/mol. The summed E-state index contributed by atoms with van der Waals surface area (Å²) in [6.07, 6.45) is 0.785. The molecule has 0 unspecified atom stereocenters. The molecule has 0 bridgehead atoms. The molecule has 0 spiro atoms. The Morgan fingerprint density at radius 2 is 0.967 bits per heavy atom. The number of hydrogen-bond donors (Lipinski definition) is 0. The highest BCUT2D eigenvalue weighted by Gasteiger charge is 2.44. The van der Waals surface area contributed by atoms with Crippen LogP contribution in [0.5, 0.6) is 0 Å². The second-order valence-corrected chi connectivity index (χ2v) is 10.7. The molecule has 0 N–H and O–H groups in total. The number of halogens is 2. The number of rotatable bonds is 4. The van der Waals surface area contributed by atoms with Crippen molar-refractivity contribution in [2.24, 2.45) is 0 Å². The molecule has 0 amide bonds. The lowest BCUT2D eigenvalue weighted by Crippen LogP contribution is -3.00. The monoisotopic (exact) mass is 490 g/mol. The van der Waals surface area contributed by atoms with Gasteiger partial charge in [-0.3, -0.25) is 0 Å². The van der Waals surface area contributed by atoms with E-state index in [1.54, 1.807) is 0 Å². The molecule has 0 saturated heterocycles. The van der Waals surface area contributed by atoms with Gasteiger partial charge in [0.2, 0.25) is 0 Å². The molecule has 0 aliphatic carbocycles. The van der Waals surface area contributed by atoms with E-state index in [0.717, 1.165) is 16.7 Å². The topological polar surface area (TPSA) is 0 Å². The average Bonchev–Trinajstić information content (AvgIpc) is 2.80. The fraction of sp³-hybridized carbons (Fsp3) is 0.0370. The zero-order chi connectivity index (χ0) is 19.9. The van der Waals surface area contributed by atoms with E-state index in [1.807, 2.05) is 24.3 Å². The van der Waals surface area contributed by atoms with Gasteiger partial charge in [-0.25, -0.2) is 0 Å². The standard InChI is InChI=1S/C27H21ClP.BrH/c28-24-20-18-23(19-21-24)11-10-22-29(25-12-4-1-5-13-25,26-14-6-2-7-15-26)27-16-8-3-9-17-27;/h1-9,12-21H,22H2;1H/q+1;/p-1. The predicted molar refractivity (Wildman–Crippen MR) is 128 cm³/mol. The van der Waals surface area contributed by atoms with Crippen LogP contribution in [0, 0.1) is 11.8 Å². The van der Waals surface area contributed by atoms with E-state index in [9.17, 15) is 0 Å². The molecule has 3 heteroatoms. The molecule has 0 aliphatic rings. The largest absolute Gasteiger partial charge is 1.00 e. The Kier molecular flexibility index (Phi) is 7.89. The maximum Gasteiger partial charge on any atom is 0.134 e. The lowest BCUT2D eigenvalue weighted by atomic mass is 10.2. The van der Waals surface area contributed by atoms with E-state index < -0.39 is 7.26 Å². The molecule has 0 saturated carbocycles. The summed E-state index contributed by atoms with van der Waals surface area (Å²) in [7, 11) is -1.90. The highest BCUT2D eigenvalue weighted by molar-refractivity contribution is 7.95. The third-order valence-electron chi connectivity index (χ3n) is 4.98. The van der Waals surface area contributed by atoms with Crippen molar-refractivity contribution in [1.82, 2.24) is 0 Å². The molecule has 0 fully saturated rings. The van der Waals surface area contributed by atoms with Crippen LogP contribution in [0.2, 0.25) is 5.02 Å². The van der Waals surface area contributed by atoms with Gasteiger partial charge in [0, 0.05) is 10.6 Å². The first-order valence-electron chi connectivity index (χ1n) is 9.58. The molecular formula is C27H21BrClP. The minimum absolute atomic E-state index is 0. The van der Waals surface area contributed by atoms with E-state index in [1.165, 1.54) is 15.9 Å². The van der Waals surface area contributed by atoms with E-state index in [0.29, 0.717) is 0 Å². The maximum atomic E-state index is 6.02. The van der Waals surface area contributed by atoms with Crippen LogP contribution in [0.25, 0.3) is 0 Å². The molecule has 0 aliphatic heterocycles. The fourth-order valence-corrected chi connectivity index (χ4v) is 7.49. The summed E-state index contributed by atoms with van der Waals surface area (Å²) >= 11 is 6.02. The molecule has 4 aromatic rings. The summed E-state index contributed by atoms with van der Waals surface area (Å²) in [6, 6.07) is 40.2. The quantitative estimate of drug-likeness (QED) is 0.304. The molecule has 4 rings (SSSR count). The van der Waals surface area contributed by atoms with Gasteiger partial charge in [-0.2, -0.15) is 0 Å². The van der Waals surface area contributed by atoms with Crippen molar-refractivity contribution < 1.29 is 17.0 Å². The third-order valence-corrected chi connectivity index (χ3v) is 9.41. The van der Waals surface area contributed by atoms with Crippen LogP contribution in [0.15, 0.2) is 115 Å². The molecule has 148 valence electrons. The number of hydrogen-bond acceptors (Lipinski definition) is 0. The first-order valence-corrected chi connectivity index (χ1v) is 11.9. The van der Waals surface area contributed by atoms with Gasteiger partial charge in [0.15, 0.2) is 0 Å². The van der Waals surface area contributed by atoms with Crippen LogP contribution >= 0.6 is 18.9 Å². The van der Waals surface area contributed by atoms with Gasteiger partial charge in [0.05, 0.1) is 0 Å². The molecule has 4 aromatic carbocycles. The minimum atomic E-state index is -1.90. The van der Waals surface area contributed by atoms with Gasteiger partial charge in [0.25, 0.3) is 0 Å². The lowest BCUT2D eigenvalue weighted by Gasteiger charge is -2.25. The van der Waals surface area contributed by atoms with Crippen molar-refractivity contribution in [3.05, 3.63) is 126 Å². The predicted octanol–water partition coefficient (Wildman–Crippen LogP) is 2.69. The summed E-state index contributed by atoms with van der Waals surface area (Å²) in [5.41, 5.74) is 0.988. The van der Waals surface area contributed by atoms with Gasteiger partial charge in [-0.1, -0.05) is 78.0 Å². The summed E-state index contributed by atoms with van der Waals surface area (Å²) in [6.45, 7) is 0. The van der Waals surface area contributed by atoms with Crippen LogP contribution < -0.4 is 32.9 Å². The van der Waals surface area contributed by atoms with Gasteiger partial charge in [-0.05, 0) is 60.7 Å². The summed E-state index contributed by atoms with van der Waals surface area (Å²) in [4.78, 5) is 0. The Hall–Kier alpha value is -2.36. The van der Waals surface area contributed by atoms with Crippen LogP contribution in [0.3, 0.4) is 0 Å². The van der Waals surface area contributed by atoms with Crippen molar-refractivity contribution in [1.29, 1.82) is 0 Å². The van der Waals surface area contributed by atoms with Gasteiger partial charge in [-0.15, -0.1) is 0 Å². The molecule has 0 nitrogen and oxygen atoms in total. The second-order valence-electron chi connectivity index (χ2n) is 6.78. The second kappa shape index (κ2) is 10.6. The van der Waals surface area contributed by atoms with E-state index in [-0.39, 0.29) is 17.0 Å². The van der Waals surface area contributed by atoms with Crippen molar-refractivity contribution >= 4 is 34.8 Å². The lowest BCUT2D eigenvalue weighted by molar-refractivity contribution is -0.00000546. The Morgan fingerprint density at radius 1 is 0.567 bits per heavy atom. The molecule has 0 aromatic heterocycles. The van der Waals surface area contributed by atoms with Crippen molar-refractivity contribution in [3.8, 4) is 11.8 Å². The highest BCUT2D eigenvalue weighted by atomic mass is 79.9. The first kappa shape index (κ1) is 22.3. The van der Waals surface area contributed by atoms with Crippen LogP contribution in [-0.2, 0) is 0 Å². The minimum Gasteiger partial charge on any atom is -1.00 e. The van der Waals surface area contributed by atoms with Gasteiger partial charge in [0.1, 0.15) is 29.3 Å². The zero-order valence-corrected chi connectivity index (χ0v) is 19.6. The normalized spacial score (nSPS) is 10.4. The van der Waals surface area contributed by atoms with Crippen molar-refractivity contribution in [2.45, 2.75) is 0 Å². The first-order chi connectivity index (χ1) is 14.3. The Bertz CT molecular complexity index is 1020. The van der Waals surface area contributed by atoms with Crippen LogP contribution in [0.4, 0.5) is 0 Å². The van der Waals surface area contributed by atoms with E-state index in [4.69, 9.17) is 11.6 Å². The number of benzene rings is 4. The van der Waals surface area contributed by atoms with E-state index in [2.05, 4.69) is 103 Å². The maximum absolute atomic E-state index is 6.02. The zero-order valence-electron chi connectivity index (χ0n) is 16.4. The molecule has 0 atom stereocenters. The van der Waals surface area contributed by atoms with Crippen LogP contribution in [0.1, 0.15) is 5.56 Å². The van der Waals surface area contributed by atoms with Crippen molar-refractivity contribution in [2.75, 3.05) is 6.16 Å². The van der Waals surface area contributed by atoms with Crippen LogP contribution in [-0.4, -0.2) is 6.16 Å². The SMILES string of the molecule is Clc1ccc(C#CC[P+](c2ccccc2)(c2ccccc2)c2ccccc2)cc1.[Br-]. The Balaban J connectivity index is 0.00000256.